The van der Waals surface area contributed by atoms with Crippen LogP contribution in [0.1, 0.15) is 0 Å². The molecule has 0 radical (unpaired) electrons. The van der Waals surface area contributed by atoms with E-state index in [1.165, 1.54) is 7.11 Å². The second kappa shape index (κ2) is 2.53. The predicted molar refractivity (Wildman–Crippen MR) is 42.9 cm³/mol. The largest absolute Gasteiger partial charge is 0.467 e. The van der Waals surface area contributed by atoms with Crippen molar-refractivity contribution >= 4 is 12.3 Å². The summed E-state index contributed by atoms with van der Waals surface area (Å²) in [6.45, 7) is 0. The molecule has 2 atom stereocenters. The van der Waals surface area contributed by atoms with Crippen LogP contribution in [0, 0.1) is 0 Å². The number of allylic oxidation sites excluding steroid dienone is 2. The molecule has 0 bridgehead atoms. The molecular formula is C9H8O4. The van der Waals surface area contributed by atoms with Crippen LogP contribution in [-0.2, 0) is 19.1 Å². The Labute approximate surface area is 74.8 Å². The molecule has 1 aliphatic carbocycles. The van der Waals surface area contributed by atoms with E-state index in [1.807, 2.05) is 0 Å². The number of carbonyl (C=O) groups excluding carboxylic acids is 2. The first-order valence-corrected chi connectivity index (χ1v) is 3.85. The third-order valence-electron chi connectivity index (χ3n) is 2.20. The minimum absolute atomic E-state index is 0.329. The van der Waals surface area contributed by atoms with Crippen LogP contribution >= 0.6 is 0 Å². The van der Waals surface area contributed by atoms with E-state index < -0.39 is 11.6 Å². The Bertz CT molecular complexity index is 329. The number of esters is 1. The summed E-state index contributed by atoms with van der Waals surface area (Å²) >= 11 is 0. The van der Waals surface area contributed by atoms with Gasteiger partial charge in [0.15, 0.2) is 0 Å². The van der Waals surface area contributed by atoms with Gasteiger partial charge in [0.2, 0.25) is 5.60 Å². The van der Waals surface area contributed by atoms with Crippen molar-refractivity contribution in [2.45, 2.75) is 11.7 Å². The summed E-state index contributed by atoms with van der Waals surface area (Å²) in [4.78, 5) is 21.6. The average molecular weight is 180 g/mol. The van der Waals surface area contributed by atoms with Gasteiger partial charge in [0.05, 0.1) is 7.11 Å². The number of methoxy groups -OCH3 is 1. The van der Waals surface area contributed by atoms with Crippen molar-refractivity contribution in [1.29, 1.82) is 0 Å². The Morgan fingerprint density at radius 1 is 1.77 bits per heavy atom. The Hall–Kier alpha value is -1.42. The number of fused-ring (bicyclic) bond motifs is 1. The fourth-order valence-electron chi connectivity index (χ4n) is 1.39. The number of hydrogen-bond acceptors (Lipinski definition) is 4. The van der Waals surface area contributed by atoms with E-state index in [0.717, 1.165) is 6.29 Å². The molecule has 1 saturated heterocycles. The van der Waals surface area contributed by atoms with Crippen LogP contribution in [0.2, 0.25) is 0 Å². The summed E-state index contributed by atoms with van der Waals surface area (Å²) in [6.07, 6.45) is 5.13. The summed E-state index contributed by atoms with van der Waals surface area (Å²) in [6, 6.07) is 0. The molecule has 2 unspecified atom stereocenters. The molecule has 4 nitrogen and oxygen atoms in total. The van der Waals surface area contributed by atoms with Crippen molar-refractivity contribution in [2.75, 3.05) is 7.11 Å². The van der Waals surface area contributed by atoms with Crippen LogP contribution in [0.25, 0.3) is 0 Å². The van der Waals surface area contributed by atoms with Crippen molar-refractivity contribution in [3.63, 3.8) is 0 Å². The number of epoxide rings is 1. The van der Waals surface area contributed by atoms with E-state index >= 15 is 0 Å². The minimum Gasteiger partial charge on any atom is -0.467 e. The van der Waals surface area contributed by atoms with Crippen molar-refractivity contribution < 1.29 is 19.1 Å². The molecule has 13 heavy (non-hydrogen) atoms. The molecule has 68 valence electrons. The highest BCUT2D eigenvalue weighted by atomic mass is 16.7. The van der Waals surface area contributed by atoms with E-state index in [4.69, 9.17) is 4.74 Å². The van der Waals surface area contributed by atoms with Gasteiger partial charge in [-0.1, -0.05) is 6.08 Å². The van der Waals surface area contributed by atoms with Gasteiger partial charge in [0.1, 0.15) is 12.4 Å². The quantitative estimate of drug-likeness (QED) is 0.341. The topological polar surface area (TPSA) is 55.9 Å². The lowest BCUT2D eigenvalue weighted by atomic mass is 9.97. The smallest absolute Gasteiger partial charge is 0.345 e. The highest BCUT2D eigenvalue weighted by Gasteiger charge is 2.62. The van der Waals surface area contributed by atoms with E-state index in [0.29, 0.717) is 5.57 Å². The molecular weight excluding hydrogens is 172 g/mol. The maximum Gasteiger partial charge on any atom is 0.345 e. The fraction of sp³-hybridized carbons (Fsp3) is 0.333. The van der Waals surface area contributed by atoms with Crippen LogP contribution in [-0.4, -0.2) is 31.1 Å². The Balaban J connectivity index is 2.21. The summed E-state index contributed by atoms with van der Waals surface area (Å²) < 4.78 is 9.72. The second-order valence-corrected chi connectivity index (χ2v) is 2.94. The number of hydrogen-bond donors (Lipinski definition) is 0. The predicted octanol–water partition coefficient (Wildman–Crippen LogP) is -0.00790. The van der Waals surface area contributed by atoms with Gasteiger partial charge < -0.3 is 9.47 Å². The van der Waals surface area contributed by atoms with Gasteiger partial charge in [0.25, 0.3) is 0 Å². The number of ether oxygens (including phenoxy) is 2. The first kappa shape index (κ1) is 8.19. The van der Waals surface area contributed by atoms with Crippen LogP contribution in [0.5, 0.6) is 0 Å². The normalized spacial score (nSPS) is 34.5. The maximum absolute atomic E-state index is 11.2. The number of rotatable bonds is 2. The zero-order chi connectivity index (χ0) is 9.47. The lowest BCUT2D eigenvalue weighted by Gasteiger charge is -2.06. The summed E-state index contributed by atoms with van der Waals surface area (Å²) in [7, 11) is 1.31. The monoisotopic (exact) mass is 180 g/mol. The molecule has 1 aliphatic heterocycles. The summed E-state index contributed by atoms with van der Waals surface area (Å²) in [5, 5.41) is 0. The third kappa shape index (κ3) is 1.02. The highest BCUT2D eigenvalue weighted by molar-refractivity contribution is 5.90. The SMILES string of the molecule is COC(=O)C12C=CC(C=O)=CC1O2. The van der Waals surface area contributed by atoms with Crippen molar-refractivity contribution in [3.05, 3.63) is 23.8 Å². The van der Waals surface area contributed by atoms with Gasteiger partial charge in [-0.25, -0.2) is 4.79 Å². The lowest BCUT2D eigenvalue weighted by Crippen LogP contribution is -2.27. The van der Waals surface area contributed by atoms with Crippen LogP contribution in [0.4, 0.5) is 0 Å². The average Bonchev–Trinajstić information content (AvgIpc) is 2.90. The summed E-state index contributed by atoms with van der Waals surface area (Å²) in [5.74, 6) is -0.421. The van der Waals surface area contributed by atoms with Gasteiger partial charge in [0, 0.05) is 5.57 Å². The second-order valence-electron chi connectivity index (χ2n) is 2.94. The standard InChI is InChI=1S/C9H8O4/c1-12-8(11)9-3-2-6(5-10)4-7(9)13-9/h2-5,7H,1H3. The van der Waals surface area contributed by atoms with Crippen LogP contribution in [0.15, 0.2) is 23.8 Å². The molecule has 0 aromatic rings. The maximum atomic E-state index is 11.2. The van der Waals surface area contributed by atoms with Gasteiger partial charge in [-0.15, -0.1) is 0 Å². The Morgan fingerprint density at radius 2 is 2.54 bits per heavy atom. The van der Waals surface area contributed by atoms with Crippen LogP contribution in [0.3, 0.4) is 0 Å². The molecule has 2 aliphatic rings. The molecule has 0 saturated carbocycles. The van der Waals surface area contributed by atoms with E-state index in [2.05, 4.69) is 4.74 Å². The van der Waals surface area contributed by atoms with Crippen molar-refractivity contribution in [1.82, 2.24) is 0 Å². The Kier molecular flexibility index (Phi) is 1.60. The van der Waals surface area contributed by atoms with E-state index in [-0.39, 0.29) is 6.10 Å². The van der Waals surface area contributed by atoms with Crippen LogP contribution < -0.4 is 0 Å². The first-order valence-electron chi connectivity index (χ1n) is 3.85. The first-order chi connectivity index (χ1) is 6.23. The van der Waals surface area contributed by atoms with E-state index in [1.54, 1.807) is 18.2 Å². The van der Waals surface area contributed by atoms with Crippen molar-refractivity contribution in [3.8, 4) is 0 Å². The Morgan fingerprint density at radius 3 is 3.08 bits per heavy atom. The van der Waals surface area contributed by atoms with E-state index in [9.17, 15) is 9.59 Å². The molecule has 0 N–H and O–H groups in total. The minimum atomic E-state index is -0.943. The molecule has 2 rings (SSSR count). The number of aldehydes is 1. The number of carbonyl (C=O) groups is 2. The highest BCUT2D eigenvalue weighted by Crippen LogP contribution is 2.43. The van der Waals surface area contributed by atoms with Gasteiger partial charge in [-0.2, -0.15) is 0 Å². The molecule has 1 heterocycles. The van der Waals surface area contributed by atoms with Crippen molar-refractivity contribution in [2.24, 2.45) is 0 Å². The molecule has 4 heteroatoms. The molecule has 1 fully saturated rings. The van der Waals surface area contributed by atoms with Gasteiger partial charge in [-0.3, -0.25) is 4.79 Å². The molecule has 0 spiro atoms. The van der Waals surface area contributed by atoms with Gasteiger partial charge in [-0.05, 0) is 12.2 Å². The van der Waals surface area contributed by atoms with Gasteiger partial charge >= 0.3 is 5.97 Å². The zero-order valence-electron chi connectivity index (χ0n) is 7.02. The molecule has 0 aromatic heterocycles. The molecule has 0 amide bonds. The third-order valence-corrected chi connectivity index (χ3v) is 2.20. The fourth-order valence-corrected chi connectivity index (χ4v) is 1.39. The summed E-state index contributed by atoms with van der Waals surface area (Å²) in [5.41, 5.74) is -0.414. The zero-order valence-corrected chi connectivity index (χ0v) is 7.02. The molecule has 0 aromatic carbocycles. The lowest BCUT2D eigenvalue weighted by molar-refractivity contribution is -0.145.